The number of carbonyl (C=O) groups excluding carboxylic acids is 1. The molecule has 0 saturated carbocycles. The Morgan fingerprint density at radius 1 is 1.71 bits per heavy atom. The number of aromatic nitrogens is 2. The SMILES string of the molecule is CCCC(C)n1cc(N)c(C(N)=O)n1. The number of hydrogen-bond acceptors (Lipinski definition) is 3. The number of primary amides is 1. The highest BCUT2D eigenvalue weighted by atomic mass is 16.1. The summed E-state index contributed by atoms with van der Waals surface area (Å²) in [6, 6.07) is 0.246. The van der Waals surface area contributed by atoms with Gasteiger partial charge in [-0.3, -0.25) is 9.48 Å². The van der Waals surface area contributed by atoms with E-state index in [1.54, 1.807) is 10.9 Å². The fourth-order valence-corrected chi connectivity index (χ4v) is 1.37. The molecule has 0 bridgehead atoms. The van der Waals surface area contributed by atoms with E-state index in [0.717, 1.165) is 12.8 Å². The Morgan fingerprint density at radius 3 is 2.79 bits per heavy atom. The number of anilines is 1. The second-order valence-corrected chi connectivity index (χ2v) is 3.42. The Kier molecular flexibility index (Phi) is 3.11. The number of rotatable bonds is 4. The van der Waals surface area contributed by atoms with E-state index in [-0.39, 0.29) is 11.7 Å². The summed E-state index contributed by atoms with van der Waals surface area (Å²) in [6.45, 7) is 4.12. The third-order valence-electron chi connectivity index (χ3n) is 2.15. The van der Waals surface area contributed by atoms with Crippen molar-refractivity contribution in [3.63, 3.8) is 0 Å². The van der Waals surface area contributed by atoms with E-state index in [0.29, 0.717) is 5.69 Å². The first-order valence-electron chi connectivity index (χ1n) is 4.70. The highest BCUT2D eigenvalue weighted by molar-refractivity contribution is 5.95. The van der Waals surface area contributed by atoms with Crippen LogP contribution in [0.3, 0.4) is 0 Å². The largest absolute Gasteiger partial charge is 0.396 e. The first-order chi connectivity index (χ1) is 6.56. The van der Waals surface area contributed by atoms with Gasteiger partial charge in [-0.1, -0.05) is 13.3 Å². The normalized spacial score (nSPS) is 12.7. The number of nitrogens with zero attached hydrogens (tertiary/aromatic N) is 2. The van der Waals surface area contributed by atoms with Gasteiger partial charge in [-0.05, 0) is 13.3 Å². The molecule has 0 aliphatic rings. The van der Waals surface area contributed by atoms with Crippen molar-refractivity contribution in [2.45, 2.75) is 32.7 Å². The van der Waals surface area contributed by atoms with Crippen LogP contribution in [0, 0.1) is 0 Å². The quantitative estimate of drug-likeness (QED) is 0.750. The highest BCUT2D eigenvalue weighted by Crippen LogP contribution is 2.16. The van der Waals surface area contributed by atoms with Crippen LogP contribution < -0.4 is 11.5 Å². The summed E-state index contributed by atoms with van der Waals surface area (Å²) in [6.07, 6.45) is 3.71. The lowest BCUT2D eigenvalue weighted by atomic mass is 10.2. The average Bonchev–Trinajstić information content (AvgIpc) is 2.48. The monoisotopic (exact) mass is 196 g/mol. The number of amides is 1. The van der Waals surface area contributed by atoms with Crippen LogP contribution in [0.25, 0.3) is 0 Å². The molecule has 78 valence electrons. The van der Waals surface area contributed by atoms with Gasteiger partial charge in [0.05, 0.1) is 5.69 Å². The minimum Gasteiger partial charge on any atom is -0.396 e. The molecule has 14 heavy (non-hydrogen) atoms. The standard InChI is InChI=1S/C9H16N4O/c1-3-4-6(2)13-5-7(10)8(12-13)9(11)14/h5-6H,3-4,10H2,1-2H3,(H2,11,14). The number of carbonyl (C=O) groups is 1. The molecule has 1 aromatic heterocycles. The summed E-state index contributed by atoms with van der Waals surface area (Å²) < 4.78 is 1.69. The zero-order chi connectivity index (χ0) is 10.7. The van der Waals surface area contributed by atoms with Gasteiger partial charge in [-0.2, -0.15) is 5.10 Å². The van der Waals surface area contributed by atoms with Crippen LogP contribution in [0.4, 0.5) is 5.69 Å². The number of nitrogen functional groups attached to an aromatic ring is 1. The van der Waals surface area contributed by atoms with Gasteiger partial charge in [-0.15, -0.1) is 0 Å². The van der Waals surface area contributed by atoms with Crippen LogP contribution >= 0.6 is 0 Å². The molecule has 0 spiro atoms. The molecule has 1 rings (SSSR count). The third-order valence-corrected chi connectivity index (χ3v) is 2.15. The van der Waals surface area contributed by atoms with E-state index in [4.69, 9.17) is 11.5 Å². The Labute approximate surface area is 83.1 Å². The predicted octanol–water partition coefficient (Wildman–Crippen LogP) is 0.925. The molecule has 1 atom stereocenters. The lowest BCUT2D eigenvalue weighted by Gasteiger charge is -2.09. The maximum atomic E-state index is 10.9. The smallest absolute Gasteiger partial charge is 0.271 e. The second-order valence-electron chi connectivity index (χ2n) is 3.42. The molecule has 0 fully saturated rings. The van der Waals surface area contributed by atoms with Crippen LogP contribution in [-0.2, 0) is 0 Å². The third kappa shape index (κ3) is 2.04. The second kappa shape index (κ2) is 4.13. The highest BCUT2D eigenvalue weighted by Gasteiger charge is 2.13. The molecule has 0 saturated heterocycles. The van der Waals surface area contributed by atoms with Gasteiger partial charge in [0.15, 0.2) is 5.69 Å². The molecular weight excluding hydrogens is 180 g/mol. The molecule has 0 aliphatic heterocycles. The Bertz CT molecular complexity index is 332. The Balaban J connectivity index is 2.90. The Morgan fingerprint density at radius 2 is 2.36 bits per heavy atom. The summed E-state index contributed by atoms with van der Waals surface area (Å²) >= 11 is 0. The van der Waals surface area contributed by atoms with E-state index in [9.17, 15) is 4.79 Å². The maximum Gasteiger partial charge on any atom is 0.271 e. The van der Waals surface area contributed by atoms with Gasteiger partial charge in [0.25, 0.3) is 5.91 Å². The summed E-state index contributed by atoms with van der Waals surface area (Å²) in [5, 5.41) is 4.04. The van der Waals surface area contributed by atoms with Crippen molar-refractivity contribution in [2.24, 2.45) is 5.73 Å². The molecule has 0 radical (unpaired) electrons. The topological polar surface area (TPSA) is 86.9 Å². The summed E-state index contributed by atoms with van der Waals surface area (Å²) in [4.78, 5) is 10.9. The van der Waals surface area contributed by atoms with Gasteiger partial charge < -0.3 is 11.5 Å². The van der Waals surface area contributed by atoms with E-state index in [1.165, 1.54) is 0 Å². The average molecular weight is 196 g/mol. The van der Waals surface area contributed by atoms with Crippen molar-refractivity contribution in [1.29, 1.82) is 0 Å². The molecule has 1 amide bonds. The van der Waals surface area contributed by atoms with Crippen LogP contribution in [-0.4, -0.2) is 15.7 Å². The van der Waals surface area contributed by atoms with Gasteiger partial charge in [-0.25, -0.2) is 0 Å². The van der Waals surface area contributed by atoms with Crippen LogP contribution in [0.2, 0.25) is 0 Å². The minimum absolute atomic E-state index is 0.160. The molecule has 0 aromatic carbocycles. The molecule has 0 aliphatic carbocycles. The zero-order valence-electron chi connectivity index (χ0n) is 8.53. The summed E-state index contributed by atoms with van der Waals surface area (Å²) in [5.41, 5.74) is 11.2. The lowest BCUT2D eigenvalue weighted by molar-refractivity contribution is 0.0995. The summed E-state index contributed by atoms with van der Waals surface area (Å²) in [7, 11) is 0. The first kappa shape index (κ1) is 10.6. The van der Waals surface area contributed by atoms with E-state index in [1.807, 2.05) is 6.92 Å². The molecule has 1 heterocycles. The Hall–Kier alpha value is -1.52. The van der Waals surface area contributed by atoms with E-state index < -0.39 is 5.91 Å². The van der Waals surface area contributed by atoms with Gasteiger partial charge in [0.2, 0.25) is 0 Å². The van der Waals surface area contributed by atoms with E-state index in [2.05, 4.69) is 12.0 Å². The number of hydrogen-bond donors (Lipinski definition) is 2. The van der Waals surface area contributed by atoms with E-state index >= 15 is 0 Å². The lowest BCUT2D eigenvalue weighted by Crippen LogP contribution is -2.14. The zero-order valence-corrected chi connectivity index (χ0v) is 8.53. The minimum atomic E-state index is -0.579. The molecular formula is C9H16N4O. The van der Waals surface area contributed by atoms with Crippen molar-refractivity contribution in [3.8, 4) is 0 Å². The van der Waals surface area contributed by atoms with Gasteiger partial charge >= 0.3 is 0 Å². The van der Waals surface area contributed by atoms with Crippen molar-refractivity contribution >= 4 is 11.6 Å². The molecule has 1 aromatic rings. The molecule has 4 N–H and O–H groups in total. The fraction of sp³-hybridized carbons (Fsp3) is 0.556. The predicted molar refractivity (Wildman–Crippen MR) is 54.8 cm³/mol. The van der Waals surface area contributed by atoms with Crippen LogP contribution in [0.15, 0.2) is 6.20 Å². The van der Waals surface area contributed by atoms with Crippen molar-refractivity contribution < 1.29 is 4.79 Å². The van der Waals surface area contributed by atoms with Crippen LogP contribution in [0.5, 0.6) is 0 Å². The fourth-order valence-electron chi connectivity index (χ4n) is 1.37. The maximum absolute atomic E-state index is 10.9. The van der Waals surface area contributed by atoms with Crippen molar-refractivity contribution in [2.75, 3.05) is 5.73 Å². The molecule has 5 nitrogen and oxygen atoms in total. The number of nitrogens with two attached hydrogens (primary N) is 2. The summed E-state index contributed by atoms with van der Waals surface area (Å²) in [5.74, 6) is -0.579. The molecule has 1 unspecified atom stereocenters. The first-order valence-corrected chi connectivity index (χ1v) is 4.70. The van der Waals surface area contributed by atoms with Crippen molar-refractivity contribution in [1.82, 2.24) is 9.78 Å². The van der Waals surface area contributed by atoms with Gasteiger partial charge in [0.1, 0.15) is 0 Å². The van der Waals surface area contributed by atoms with Crippen LogP contribution in [0.1, 0.15) is 43.2 Å². The molecule has 5 heteroatoms. The van der Waals surface area contributed by atoms with Crippen molar-refractivity contribution in [3.05, 3.63) is 11.9 Å². The van der Waals surface area contributed by atoms with Gasteiger partial charge in [0, 0.05) is 12.2 Å².